The largest absolute Gasteiger partial charge is 0.465 e. The summed E-state index contributed by atoms with van der Waals surface area (Å²) in [5.41, 5.74) is 0.167. The van der Waals surface area contributed by atoms with Crippen molar-refractivity contribution in [3.8, 4) is 0 Å². The molecule has 0 aliphatic rings. The molecule has 0 unspecified atom stereocenters. The van der Waals surface area contributed by atoms with Gasteiger partial charge in [-0.25, -0.2) is 4.79 Å². The van der Waals surface area contributed by atoms with E-state index in [2.05, 4.69) is 4.74 Å². The van der Waals surface area contributed by atoms with E-state index < -0.39 is 5.97 Å². The summed E-state index contributed by atoms with van der Waals surface area (Å²) in [5, 5.41) is 0. The third kappa shape index (κ3) is 3.87. The highest BCUT2D eigenvalue weighted by Crippen LogP contribution is 2.07. The average molecular weight is 184 g/mol. The summed E-state index contributed by atoms with van der Waals surface area (Å²) in [7, 11) is 1.28. The molecule has 0 aromatic carbocycles. The van der Waals surface area contributed by atoms with Crippen molar-refractivity contribution < 1.29 is 14.3 Å². The summed E-state index contributed by atoms with van der Waals surface area (Å²) in [5.74, 6) is -0.536. The number of carbonyl (C=O) groups excluding carboxylic acids is 2. The standard InChI is InChI=1S/C10H16O3/c1-5-9(11)8(6-7(2)3)10(12)13-4/h6-7H,5H2,1-4H3. The highest BCUT2D eigenvalue weighted by Gasteiger charge is 2.16. The van der Waals surface area contributed by atoms with Gasteiger partial charge in [0.25, 0.3) is 0 Å². The van der Waals surface area contributed by atoms with Gasteiger partial charge in [-0.15, -0.1) is 0 Å². The van der Waals surface area contributed by atoms with Gasteiger partial charge in [-0.1, -0.05) is 26.8 Å². The highest BCUT2D eigenvalue weighted by molar-refractivity contribution is 6.17. The second-order valence-corrected chi connectivity index (χ2v) is 3.09. The lowest BCUT2D eigenvalue weighted by Gasteiger charge is -2.04. The monoisotopic (exact) mass is 184 g/mol. The molecule has 13 heavy (non-hydrogen) atoms. The van der Waals surface area contributed by atoms with Crippen molar-refractivity contribution in [2.75, 3.05) is 7.11 Å². The van der Waals surface area contributed by atoms with Crippen molar-refractivity contribution in [1.82, 2.24) is 0 Å². The molecule has 0 amide bonds. The number of ketones is 1. The number of ether oxygens (including phenoxy) is 1. The number of carbonyl (C=O) groups is 2. The van der Waals surface area contributed by atoms with Gasteiger partial charge in [0.15, 0.2) is 5.78 Å². The van der Waals surface area contributed by atoms with Gasteiger partial charge in [0.05, 0.1) is 12.7 Å². The molecule has 0 atom stereocenters. The van der Waals surface area contributed by atoms with E-state index in [1.165, 1.54) is 7.11 Å². The fraction of sp³-hybridized carbons (Fsp3) is 0.600. The molecule has 0 fully saturated rings. The van der Waals surface area contributed by atoms with E-state index in [1.807, 2.05) is 13.8 Å². The number of methoxy groups -OCH3 is 1. The normalized spacial score (nSPS) is 11.6. The van der Waals surface area contributed by atoms with Crippen molar-refractivity contribution in [1.29, 1.82) is 0 Å². The van der Waals surface area contributed by atoms with Crippen LogP contribution in [0.25, 0.3) is 0 Å². The van der Waals surface area contributed by atoms with Crippen LogP contribution in [-0.4, -0.2) is 18.9 Å². The summed E-state index contributed by atoms with van der Waals surface area (Å²) in [6, 6.07) is 0. The van der Waals surface area contributed by atoms with Gasteiger partial charge in [0, 0.05) is 6.42 Å². The molecule has 0 heterocycles. The average Bonchev–Trinajstić information content (AvgIpc) is 2.11. The first-order valence-corrected chi connectivity index (χ1v) is 4.36. The molecule has 0 N–H and O–H groups in total. The van der Waals surface area contributed by atoms with Gasteiger partial charge in [-0.2, -0.15) is 0 Å². The molecule has 0 aliphatic carbocycles. The number of rotatable bonds is 4. The molecule has 3 nitrogen and oxygen atoms in total. The first-order chi connectivity index (χ1) is 6.02. The summed E-state index contributed by atoms with van der Waals surface area (Å²) in [6.45, 7) is 5.54. The summed E-state index contributed by atoms with van der Waals surface area (Å²) < 4.78 is 4.51. The lowest BCUT2D eigenvalue weighted by atomic mass is 10.0. The van der Waals surface area contributed by atoms with Crippen molar-refractivity contribution in [3.05, 3.63) is 11.6 Å². The molecule has 74 valence electrons. The zero-order valence-corrected chi connectivity index (χ0v) is 8.59. The van der Waals surface area contributed by atoms with Crippen LogP contribution in [0.1, 0.15) is 27.2 Å². The minimum Gasteiger partial charge on any atom is -0.465 e. The Hall–Kier alpha value is -1.12. The third-order valence-corrected chi connectivity index (χ3v) is 1.53. The van der Waals surface area contributed by atoms with Crippen LogP contribution in [0, 0.1) is 5.92 Å². The van der Waals surface area contributed by atoms with E-state index in [4.69, 9.17) is 0 Å². The van der Waals surface area contributed by atoms with E-state index >= 15 is 0 Å². The number of hydrogen-bond acceptors (Lipinski definition) is 3. The number of Topliss-reactive ketones (excluding diaryl/α,β-unsaturated/α-hetero) is 1. The van der Waals surface area contributed by atoms with E-state index in [9.17, 15) is 9.59 Å². The molecule has 0 aliphatic heterocycles. The molecule has 0 aromatic rings. The Balaban J connectivity index is 4.75. The topological polar surface area (TPSA) is 43.4 Å². The molecular weight excluding hydrogens is 168 g/mol. The van der Waals surface area contributed by atoms with E-state index in [1.54, 1.807) is 13.0 Å². The summed E-state index contributed by atoms with van der Waals surface area (Å²) in [4.78, 5) is 22.4. The second-order valence-electron chi connectivity index (χ2n) is 3.09. The first-order valence-electron chi connectivity index (χ1n) is 4.36. The quantitative estimate of drug-likeness (QED) is 0.289. The van der Waals surface area contributed by atoms with Crippen LogP contribution in [0.4, 0.5) is 0 Å². The van der Waals surface area contributed by atoms with Crippen LogP contribution in [0.15, 0.2) is 11.6 Å². The maximum atomic E-state index is 11.3. The minimum atomic E-state index is -0.541. The van der Waals surface area contributed by atoms with Gasteiger partial charge in [0.2, 0.25) is 0 Å². The van der Waals surface area contributed by atoms with Crippen molar-refractivity contribution in [2.24, 2.45) is 5.92 Å². The lowest BCUT2D eigenvalue weighted by Crippen LogP contribution is -2.14. The van der Waals surface area contributed by atoms with Gasteiger partial charge < -0.3 is 4.74 Å². The Kier molecular flexibility index (Phi) is 5.04. The van der Waals surface area contributed by atoms with Gasteiger partial charge >= 0.3 is 5.97 Å². The van der Waals surface area contributed by atoms with Crippen molar-refractivity contribution in [3.63, 3.8) is 0 Å². The van der Waals surface area contributed by atoms with Crippen LogP contribution in [0.5, 0.6) is 0 Å². The van der Waals surface area contributed by atoms with Crippen molar-refractivity contribution >= 4 is 11.8 Å². The van der Waals surface area contributed by atoms with Crippen LogP contribution in [0.3, 0.4) is 0 Å². The zero-order chi connectivity index (χ0) is 10.4. The number of allylic oxidation sites excluding steroid dienone is 1. The van der Waals surface area contributed by atoms with Gasteiger partial charge in [0.1, 0.15) is 0 Å². The minimum absolute atomic E-state index is 0.166. The van der Waals surface area contributed by atoms with Crippen LogP contribution in [-0.2, 0) is 14.3 Å². The zero-order valence-electron chi connectivity index (χ0n) is 8.59. The molecular formula is C10H16O3. The first kappa shape index (κ1) is 11.9. The Morgan fingerprint density at radius 3 is 2.23 bits per heavy atom. The Morgan fingerprint density at radius 1 is 1.38 bits per heavy atom. The van der Waals surface area contributed by atoms with Crippen LogP contribution in [0.2, 0.25) is 0 Å². The van der Waals surface area contributed by atoms with E-state index in [-0.39, 0.29) is 17.3 Å². The molecule has 0 aromatic heterocycles. The van der Waals surface area contributed by atoms with Gasteiger partial charge in [-0.3, -0.25) is 4.79 Å². The smallest absolute Gasteiger partial charge is 0.341 e. The van der Waals surface area contributed by atoms with E-state index in [0.29, 0.717) is 6.42 Å². The predicted octanol–water partition coefficient (Wildman–Crippen LogP) is 1.72. The molecule has 0 radical (unpaired) electrons. The Labute approximate surface area is 78.8 Å². The maximum Gasteiger partial charge on any atom is 0.341 e. The molecule has 3 heteroatoms. The van der Waals surface area contributed by atoms with Crippen molar-refractivity contribution in [2.45, 2.75) is 27.2 Å². The van der Waals surface area contributed by atoms with Crippen LogP contribution < -0.4 is 0 Å². The number of hydrogen-bond donors (Lipinski definition) is 0. The maximum absolute atomic E-state index is 11.3. The van der Waals surface area contributed by atoms with E-state index in [0.717, 1.165) is 0 Å². The third-order valence-electron chi connectivity index (χ3n) is 1.53. The molecule has 0 spiro atoms. The molecule has 0 saturated heterocycles. The molecule has 0 saturated carbocycles. The molecule has 0 rings (SSSR count). The number of esters is 1. The Morgan fingerprint density at radius 2 is 1.92 bits per heavy atom. The summed E-state index contributed by atoms with van der Waals surface area (Å²) in [6.07, 6.45) is 1.96. The second kappa shape index (κ2) is 5.51. The summed E-state index contributed by atoms with van der Waals surface area (Å²) >= 11 is 0. The highest BCUT2D eigenvalue weighted by atomic mass is 16.5. The fourth-order valence-electron chi connectivity index (χ4n) is 0.909. The van der Waals surface area contributed by atoms with Crippen LogP contribution >= 0.6 is 0 Å². The Bertz CT molecular complexity index is 208. The SMILES string of the molecule is CCC(=O)C(=CC(C)C)C(=O)OC. The fourth-order valence-corrected chi connectivity index (χ4v) is 0.909. The van der Waals surface area contributed by atoms with Gasteiger partial charge in [-0.05, 0) is 5.92 Å². The lowest BCUT2D eigenvalue weighted by molar-refractivity contribution is -0.137. The molecule has 0 bridgehead atoms. The predicted molar refractivity (Wildman–Crippen MR) is 50.2 cm³/mol.